The topological polar surface area (TPSA) is 44.4 Å². The van der Waals surface area contributed by atoms with Crippen LogP contribution >= 0.6 is 0 Å². The molecule has 2 amide bonds. The summed E-state index contributed by atoms with van der Waals surface area (Å²) in [6, 6.07) is 0.119. The van der Waals surface area contributed by atoms with E-state index in [1.54, 1.807) is 0 Å². The second kappa shape index (κ2) is 3.31. The Morgan fingerprint density at radius 3 is 2.92 bits per heavy atom. The van der Waals surface area contributed by atoms with E-state index in [0.29, 0.717) is 5.92 Å². The second-order valence-electron chi connectivity index (χ2n) is 3.56. The van der Waals surface area contributed by atoms with Gasteiger partial charge in [-0.05, 0) is 6.42 Å². The van der Waals surface area contributed by atoms with Crippen LogP contribution in [0.15, 0.2) is 0 Å². The quantitative estimate of drug-likeness (QED) is 0.592. The number of carbonyl (C=O) groups is 1. The van der Waals surface area contributed by atoms with E-state index in [0.717, 1.165) is 39.1 Å². The fourth-order valence-electron chi connectivity index (χ4n) is 1.64. The predicted molar refractivity (Wildman–Crippen MR) is 45.9 cm³/mol. The minimum Gasteiger partial charge on any atom is -0.338 e. The monoisotopic (exact) mass is 169 g/mol. The largest absolute Gasteiger partial charge is 0.338 e. The van der Waals surface area contributed by atoms with E-state index in [9.17, 15) is 4.79 Å². The van der Waals surface area contributed by atoms with Crippen LogP contribution in [0.1, 0.15) is 6.42 Å². The fraction of sp³-hybridized carbons (Fsp3) is 0.875. The average Bonchev–Trinajstić information content (AvgIpc) is 2.00. The van der Waals surface area contributed by atoms with Gasteiger partial charge in [0.1, 0.15) is 0 Å². The van der Waals surface area contributed by atoms with E-state index < -0.39 is 0 Å². The highest BCUT2D eigenvalue weighted by Crippen LogP contribution is 2.08. The molecule has 0 aromatic carbocycles. The summed E-state index contributed by atoms with van der Waals surface area (Å²) < 4.78 is 0. The van der Waals surface area contributed by atoms with Crippen molar-refractivity contribution in [1.82, 2.24) is 15.5 Å². The summed E-state index contributed by atoms with van der Waals surface area (Å²) in [5.41, 5.74) is 0. The Balaban J connectivity index is 1.80. The van der Waals surface area contributed by atoms with Crippen molar-refractivity contribution in [1.29, 1.82) is 0 Å². The van der Waals surface area contributed by atoms with E-state index in [1.165, 1.54) is 0 Å². The third kappa shape index (κ3) is 1.53. The summed E-state index contributed by atoms with van der Waals surface area (Å²) in [7, 11) is 0. The van der Waals surface area contributed by atoms with Crippen LogP contribution in [0.25, 0.3) is 0 Å². The Hall–Kier alpha value is -0.770. The van der Waals surface area contributed by atoms with Crippen LogP contribution in [0.5, 0.6) is 0 Å². The molecule has 0 saturated carbocycles. The summed E-state index contributed by atoms with van der Waals surface area (Å²) in [5, 5.41) is 6.06. The molecular weight excluding hydrogens is 154 g/mol. The molecule has 0 radical (unpaired) electrons. The number of hydrogen-bond acceptors (Lipinski definition) is 2. The molecule has 0 bridgehead atoms. The third-order valence-electron chi connectivity index (χ3n) is 2.51. The van der Waals surface area contributed by atoms with Gasteiger partial charge in [0.2, 0.25) is 0 Å². The van der Waals surface area contributed by atoms with Gasteiger partial charge in [-0.3, -0.25) is 0 Å². The first-order valence-corrected chi connectivity index (χ1v) is 4.60. The first-order valence-electron chi connectivity index (χ1n) is 4.60. The maximum atomic E-state index is 11.3. The van der Waals surface area contributed by atoms with Gasteiger partial charge >= 0.3 is 6.03 Å². The molecule has 0 unspecified atom stereocenters. The molecule has 2 saturated heterocycles. The van der Waals surface area contributed by atoms with E-state index in [4.69, 9.17) is 0 Å². The number of nitrogens with one attached hydrogen (secondary N) is 2. The molecule has 0 spiro atoms. The van der Waals surface area contributed by atoms with E-state index in [-0.39, 0.29) is 6.03 Å². The van der Waals surface area contributed by atoms with Crippen molar-refractivity contribution < 1.29 is 4.79 Å². The Labute approximate surface area is 72.3 Å². The van der Waals surface area contributed by atoms with Crippen LogP contribution < -0.4 is 10.6 Å². The summed E-state index contributed by atoms with van der Waals surface area (Å²) >= 11 is 0. The van der Waals surface area contributed by atoms with Crippen LogP contribution in [0, 0.1) is 5.92 Å². The van der Waals surface area contributed by atoms with Crippen LogP contribution in [-0.4, -0.2) is 43.7 Å². The molecule has 0 aromatic rings. The van der Waals surface area contributed by atoms with Gasteiger partial charge in [-0.15, -0.1) is 0 Å². The first kappa shape index (κ1) is 7.86. The second-order valence-corrected chi connectivity index (χ2v) is 3.56. The lowest BCUT2D eigenvalue weighted by Crippen LogP contribution is -2.54. The highest BCUT2D eigenvalue weighted by Gasteiger charge is 2.24. The lowest BCUT2D eigenvalue weighted by Gasteiger charge is -2.35. The van der Waals surface area contributed by atoms with Crippen molar-refractivity contribution in [2.45, 2.75) is 6.42 Å². The van der Waals surface area contributed by atoms with Crippen molar-refractivity contribution in [2.24, 2.45) is 5.92 Å². The molecule has 2 fully saturated rings. The number of urea groups is 1. The van der Waals surface area contributed by atoms with Crippen LogP contribution in [-0.2, 0) is 0 Å². The minimum absolute atomic E-state index is 0.119. The molecule has 0 aliphatic carbocycles. The fourth-order valence-corrected chi connectivity index (χ4v) is 1.64. The zero-order valence-corrected chi connectivity index (χ0v) is 7.18. The zero-order chi connectivity index (χ0) is 8.39. The van der Waals surface area contributed by atoms with Gasteiger partial charge in [0, 0.05) is 38.6 Å². The molecule has 12 heavy (non-hydrogen) atoms. The van der Waals surface area contributed by atoms with Gasteiger partial charge in [-0.1, -0.05) is 0 Å². The molecule has 2 aliphatic rings. The molecule has 0 atom stereocenters. The normalized spacial score (nSPS) is 25.0. The Morgan fingerprint density at radius 1 is 1.50 bits per heavy atom. The molecule has 2 aliphatic heterocycles. The Kier molecular flexibility index (Phi) is 2.17. The number of carbonyl (C=O) groups excluding carboxylic acids is 1. The Morgan fingerprint density at radius 2 is 2.33 bits per heavy atom. The smallest absolute Gasteiger partial charge is 0.317 e. The minimum atomic E-state index is 0.119. The molecule has 2 rings (SSSR count). The van der Waals surface area contributed by atoms with Crippen LogP contribution in [0.2, 0.25) is 0 Å². The zero-order valence-electron chi connectivity index (χ0n) is 7.18. The van der Waals surface area contributed by atoms with Gasteiger partial charge in [0.05, 0.1) is 0 Å². The lowest BCUT2D eigenvalue weighted by atomic mass is 10.0. The number of amides is 2. The van der Waals surface area contributed by atoms with Gasteiger partial charge in [0.15, 0.2) is 0 Å². The number of nitrogens with zero attached hydrogens (tertiary/aromatic N) is 1. The predicted octanol–water partition coefficient (Wildman–Crippen LogP) is -0.379. The number of rotatable bonds is 2. The molecule has 2 heterocycles. The molecule has 0 aromatic heterocycles. The number of hydrogen-bond donors (Lipinski definition) is 2. The van der Waals surface area contributed by atoms with E-state index >= 15 is 0 Å². The third-order valence-corrected chi connectivity index (χ3v) is 2.51. The maximum absolute atomic E-state index is 11.3. The van der Waals surface area contributed by atoms with Crippen LogP contribution in [0.3, 0.4) is 0 Å². The van der Waals surface area contributed by atoms with Crippen molar-refractivity contribution in [3.8, 4) is 0 Å². The first-order chi connectivity index (χ1) is 5.86. The average molecular weight is 169 g/mol. The molecular formula is C8H15N3O. The van der Waals surface area contributed by atoms with E-state index in [2.05, 4.69) is 10.6 Å². The summed E-state index contributed by atoms with van der Waals surface area (Å²) in [6.45, 7) is 4.85. The van der Waals surface area contributed by atoms with Gasteiger partial charge in [-0.2, -0.15) is 0 Å². The summed E-state index contributed by atoms with van der Waals surface area (Å²) in [4.78, 5) is 13.2. The summed E-state index contributed by atoms with van der Waals surface area (Å²) in [6.07, 6.45) is 1.09. The molecule has 4 heteroatoms. The SMILES string of the molecule is O=C1NCCCN1CC1CNC1. The maximum Gasteiger partial charge on any atom is 0.317 e. The summed E-state index contributed by atoms with van der Waals surface area (Å²) in [5.74, 6) is 0.689. The van der Waals surface area contributed by atoms with Crippen molar-refractivity contribution in [2.75, 3.05) is 32.7 Å². The van der Waals surface area contributed by atoms with Crippen molar-refractivity contribution in [3.63, 3.8) is 0 Å². The highest BCUT2D eigenvalue weighted by molar-refractivity contribution is 5.74. The molecule has 4 nitrogen and oxygen atoms in total. The van der Waals surface area contributed by atoms with Gasteiger partial charge in [-0.25, -0.2) is 4.79 Å². The lowest BCUT2D eigenvalue weighted by molar-refractivity contribution is 0.163. The standard InChI is InChI=1S/C8H15N3O/c12-8-10-2-1-3-11(8)6-7-4-9-5-7/h7,9H,1-6H2,(H,10,12). The van der Waals surface area contributed by atoms with Crippen molar-refractivity contribution in [3.05, 3.63) is 0 Å². The molecule has 68 valence electrons. The van der Waals surface area contributed by atoms with Crippen LogP contribution in [0.4, 0.5) is 4.79 Å². The Bertz CT molecular complexity index is 179. The van der Waals surface area contributed by atoms with Crippen molar-refractivity contribution >= 4 is 6.03 Å². The van der Waals surface area contributed by atoms with E-state index in [1.807, 2.05) is 4.90 Å². The highest BCUT2D eigenvalue weighted by atomic mass is 16.2. The molecule has 2 N–H and O–H groups in total. The van der Waals surface area contributed by atoms with Gasteiger partial charge in [0.25, 0.3) is 0 Å². The van der Waals surface area contributed by atoms with Gasteiger partial charge < -0.3 is 15.5 Å².